The summed E-state index contributed by atoms with van der Waals surface area (Å²) in [5, 5.41) is 17.8. The average molecular weight is 258 g/mol. The number of carboxylic acid groups (broad SMARTS) is 2. The Kier molecular flexibility index (Phi) is 4.78. The van der Waals surface area contributed by atoms with E-state index in [2.05, 4.69) is 0 Å². The smallest absolute Gasteiger partial charge is 0.323 e. The summed E-state index contributed by atoms with van der Waals surface area (Å²) in [4.78, 5) is 22.6. The number of aliphatic carboxylic acids is 2. The second-order valence-corrected chi connectivity index (χ2v) is 3.82. The van der Waals surface area contributed by atoms with Gasteiger partial charge in [0, 0.05) is 6.54 Å². The van der Waals surface area contributed by atoms with Crippen LogP contribution in [-0.2, 0) is 9.59 Å². The monoisotopic (exact) mass is 257 g/mol. The zero-order valence-corrected chi connectivity index (χ0v) is 9.72. The molecule has 1 aromatic carbocycles. The van der Waals surface area contributed by atoms with Crippen molar-refractivity contribution in [3.05, 3.63) is 29.3 Å². The highest BCUT2D eigenvalue weighted by Crippen LogP contribution is 2.25. The Morgan fingerprint density at radius 2 is 1.82 bits per heavy atom. The van der Waals surface area contributed by atoms with Crippen molar-refractivity contribution < 1.29 is 19.8 Å². The maximum Gasteiger partial charge on any atom is 0.323 e. The third-order valence-corrected chi connectivity index (χ3v) is 2.43. The van der Waals surface area contributed by atoms with Gasteiger partial charge >= 0.3 is 11.9 Å². The number of anilines is 1. The van der Waals surface area contributed by atoms with Crippen molar-refractivity contribution in [2.75, 3.05) is 18.0 Å². The highest BCUT2D eigenvalue weighted by molar-refractivity contribution is 6.33. The van der Waals surface area contributed by atoms with E-state index < -0.39 is 11.9 Å². The molecule has 0 aromatic heterocycles. The quantitative estimate of drug-likeness (QED) is 0.811. The number of hydrogen-bond acceptors (Lipinski definition) is 3. The predicted octanol–water partition coefficient (Wildman–Crippen LogP) is 1.71. The second-order valence-electron chi connectivity index (χ2n) is 3.41. The lowest BCUT2D eigenvalue weighted by atomic mass is 10.2. The van der Waals surface area contributed by atoms with E-state index in [9.17, 15) is 9.59 Å². The zero-order valence-electron chi connectivity index (χ0n) is 8.97. The van der Waals surface area contributed by atoms with Gasteiger partial charge in [-0.2, -0.15) is 0 Å². The van der Waals surface area contributed by atoms with Crippen LogP contribution in [0.25, 0.3) is 0 Å². The van der Waals surface area contributed by atoms with Crippen molar-refractivity contribution in [2.24, 2.45) is 0 Å². The molecule has 0 spiro atoms. The number of halogens is 1. The summed E-state index contributed by atoms with van der Waals surface area (Å²) in [6.07, 6.45) is -0.140. The molecule has 0 radical (unpaired) electrons. The lowest BCUT2D eigenvalue weighted by molar-refractivity contribution is -0.138. The van der Waals surface area contributed by atoms with Gasteiger partial charge in [0.1, 0.15) is 6.54 Å². The van der Waals surface area contributed by atoms with Gasteiger partial charge in [-0.25, -0.2) is 0 Å². The fourth-order valence-corrected chi connectivity index (χ4v) is 1.64. The molecule has 0 aliphatic rings. The zero-order chi connectivity index (χ0) is 12.8. The SMILES string of the molecule is O=C(O)CCN(CC(=O)O)c1ccccc1Cl. The summed E-state index contributed by atoms with van der Waals surface area (Å²) in [6.45, 7) is -0.178. The Morgan fingerprint density at radius 1 is 1.18 bits per heavy atom. The minimum absolute atomic E-state index is 0.103. The number of rotatable bonds is 6. The van der Waals surface area contributed by atoms with Gasteiger partial charge in [-0.3, -0.25) is 9.59 Å². The van der Waals surface area contributed by atoms with Gasteiger partial charge in [0.05, 0.1) is 17.1 Å². The molecule has 0 heterocycles. The molecule has 0 unspecified atom stereocenters. The minimum Gasteiger partial charge on any atom is -0.481 e. The van der Waals surface area contributed by atoms with Gasteiger partial charge < -0.3 is 15.1 Å². The van der Waals surface area contributed by atoms with Crippen molar-refractivity contribution in [3.63, 3.8) is 0 Å². The summed E-state index contributed by atoms with van der Waals surface area (Å²) in [6, 6.07) is 6.73. The first-order valence-electron chi connectivity index (χ1n) is 4.93. The van der Waals surface area contributed by atoms with E-state index in [1.54, 1.807) is 24.3 Å². The van der Waals surface area contributed by atoms with E-state index in [-0.39, 0.29) is 19.5 Å². The van der Waals surface area contributed by atoms with Crippen LogP contribution in [0.4, 0.5) is 5.69 Å². The molecule has 0 aliphatic heterocycles. The highest BCUT2D eigenvalue weighted by atomic mass is 35.5. The Morgan fingerprint density at radius 3 is 2.35 bits per heavy atom. The largest absolute Gasteiger partial charge is 0.481 e. The lowest BCUT2D eigenvalue weighted by Crippen LogP contribution is -2.31. The molecule has 6 heteroatoms. The highest BCUT2D eigenvalue weighted by Gasteiger charge is 2.14. The van der Waals surface area contributed by atoms with Crippen LogP contribution in [0.2, 0.25) is 5.02 Å². The molecule has 0 aliphatic carbocycles. The third kappa shape index (κ3) is 4.32. The maximum absolute atomic E-state index is 10.7. The fraction of sp³-hybridized carbons (Fsp3) is 0.273. The number of nitrogens with zero attached hydrogens (tertiary/aromatic N) is 1. The maximum atomic E-state index is 10.7. The Hall–Kier alpha value is -1.75. The van der Waals surface area contributed by atoms with Crippen LogP contribution in [0, 0.1) is 0 Å². The van der Waals surface area contributed by atoms with Crippen LogP contribution in [0.3, 0.4) is 0 Å². The predicted molar refractivity (Wildman–Crippen MR) is 63.6 cm³/mol. The van der Waals surface area contributed by atoms with Gasteiger partial charge in [0.2, 0.25) is 0 Å². The molecule has 0 fully saturated rings. The van der Waals surface area contributed by atoms with Crippen molar-refractivity contribution in [1.82, 2.24) is 0 Å². The Labute approximate surface area is 103 Å². The van der Waals surface area contributed by atoms with Crippen molar-refractivity contribution in [3.8, 4) is 0 Å². The summed E-state index contributed by atoms with van der Waals surface area (Å²) in [5.74, 6) is -2.01. The number of carboxylic acids is 2. The van der Waals surface area contributed by atoms with Crippen molar-refractivity contribution in [1.29, 1.82) is 0 Å². The molecule has 0 amide bonds. The van der Waals surface area contributed by atoms with Crippen LogP contribution in [0.15, 0.2) is 24.3 Å². The van der Waals surface area contributed by atoms with Crippen LogP contribution in [0.1, 0.15) is 6.42 Å². The standard InChI is InChI=1S/C11H12ClNO4/c12-8-3-1-2-4-9(8)13(7-11(16)17)6-5-10(14)15/h1-4H,5-7H2,(H,14,15)(H,16,17). The summed E-state index contributed by atoms with van der Waals surface area (Å²) < 4.78 is 0. The van der Waals surface area contributed by atoms with Gasteiger partial charge in [-0.15, -0.1) is 0 Å². The van der Waals surface area contributed by atoms with Gasteiger partial charge in [-0.1, -0.05) is 23.7 Å². The number of para-hydroxylation sites is 1. The Balaban J connectivity index is 2.85. The van der Waals surface area contributed by atoms with Gasteiger partial charge in [-0.05, 0) is 12.1 Å². The molecule has 17 heavy (non-hydrogen) atoms. The normalized spacial score (nSPS) is 9.94. The van der Waals surface area contributed by atoms with E-state index in [0.717, 1.165) is 0 Å². The fourth-order valence-electron chi connectivity index (χ4n) is 1.39. The average Bonchev–Trinajstić information content (AvgIpc) is 2.24. The molecule has 1 aromatic rings. The molecule has 0 bridgehead atoms. The minimum atomic E-state index is -1.03. The first-order valence-corrected chi connectivity index (χ1v) is 5.31. The van der Waals surface area contributed by atoms with E-state index >= 15 is 0 Å². The van der Waals surface area contributed by atoms with Crippen molar-refractivity contribution >= 4 is 29.2 Å². The molecule has 5 nitrogen and oxygen atoms in total. The van der Waals surface area contributed by atoms with E-state index in [4.69, 9.17) is 21.8 Å². The topological polar surface area (TPSA) is 77.8 Å². The molecular weight excluding hydrogens is 246 g/mol. The van der Waals surface area contributed by atoms with Gasteiger partial charge in [0.15, 0.2) is 0 Å². The van der Waals surface area contributed by atoms with E-state index in [0.29, 0.717) is 10.7 Å². The first-order chi connectivity index (χ1) is 8.00. The number of carbonyl (C=O) groups is 2. The number of hydrogen-bond donors (Lipinski definition) is 2. The second kappa shape index (κ2) is 6.10. The van der Waals surface area contributed by atoms with Crippen LogP contribution < -0.4 is 4.90 Å². The third-order valence-electron chi connectivity index (χ3n) is 2.11. The summed E-state index contributed by atoms with van der Waals surface area (Å²) >= 11 is 5.94. The van der Waals surface area contributed by atoms with E-state index in [1.165, 1.54) is 4.90 Å². The Bertz CT molecular complexity index is 422. The van der Waals surface area contributed by atoms with Gasteiger partial charge in [0.25, 0.3) is 0 Å². The lowest BCUT2D eigenvalue weighted by Gasteiger charge is -2.23. The van der Waals surface area contributed by atoms with Crippen LogP contribution >= 0.6 is 11.6 Å². The molecule has 92 valence electrons. The summed E-state index contributed by atoms with van der Waals surface area (Å²) in [5.41, 5.74) is 0.526. The summed E-state index contributed by atoms with van der Waals surface area (Å²) in [7, 11) is 0. The van der Waals surface area contributed by atoms with E-state index in [1.807, 2.05) is 0 Å². The molecule has 2 N–H and O–H groups in total. The van der Waals surface area contributed by atoms with Crippen LogP contribution in [0.5, 0.6) is 0 Å². The molecule has 1 rings (SSSR count). The number of benzene rings is 1. The molecule has 0 atom stereocenters. The first kappa shape index (κ1) is 13.3. The molecule has 0 saturated heterocycles. The molecule has 0 saturated carbocycles. The molecular formula is C11H12ClNO4. The van der Waals surface area contributed by atoms with Crippen molar-refractivity contribution in [2.45, 2.75) is 6.42 Å². The van der Waals surface area contributed by atoms with Crippen LogP contribution in [-0.4, -0.2) is 35.2 Å².